The first kappa shape index (κ1) is 19.5. The van der Waals surface area contributed by atoms with Gasteiger partial charge in [0.15, 0.2) is 0 Å². The molecule has 0 radical (unpaired) electrons. The lowest BCUT2D eigenvalue weighted by atomic mass is 9.87. The van der Waals surface area contributed by atoms with Crippen molar-refractivity contribution in [2.75, 3.05) is 25.1 Å². The summed E-state index contributed by atoms with van der Waals surface area (Å²) in [5, 5.41) is 2.73. The average Bonchev–Trinajstić information content (AvgIpc) is 2.53. The second-order valence-electron chi connectivity index (χ2n) is 7.02. The van der Waals surface area contributed by atoms with E-state index < -0.39 is 23.2 Å². The van der Waals surface area contributed by atoms with Crippen LogP contribution in [0.4, 0.5) is 10.6 Å². The van der Waals surface area contributed by atoms with E-state index in [2.05, 4.69) is 31.1 Å². The van der Waals surface area contributed by atoms with Crippen LogP contribution in [0.3, 0.4) is 0 Å². The quantitative estimate of drug-likeness (QED) is 0.767. The van der Waals surface area contributed by atoms with Crippen LogP contribution in [-0.2, 0) is 14.3 Å². The van der Waals surface area contributed by atoms with Crippen LogP contribution in [0.2, 0.25) is 0 Å². The molecule has 0 aromatic carbocycles. The van der Waals surface area contributed by atoms with E-state index in [1.807, 2.05) is 12.1 Å². The maximum Gasteiger partial charge on any atom is 0.408 e. The summed E-state index contributed by atoms with van der Waals surface area (Å²) in [4.78, 5) is 31.0. The number of amides is 1. The molecule has 1 amide bonds. The number of nitrogens with one attached hydrogen (secondary N) is 1. The highest BCUT2D eigenvalue weighted by molar-refractivity contribution is 9.10. The summed E-state index contributed by atoms with van der Waals surface area (Å²) < 4.78 is 11.1. The fourth-order valence-electron chi connectivity index (χ4n) is 2.75. The van der Waals surface area contributed by atoms with Crippen molar-refractivity contribution in [3.63, 3.8) is 0 Å². The van der Waals surface area contributed by atoms with Gasteiger partial charge in [-0.2, -0.15) is 0 Å². The number of alkyl carbamates (subject to hydrolysis) is 1. The van der Waals surface area contributed by atoms with Crippen LogP contribution in [0.5, 0.6) is 0 Å². The summed E-state index contributed by atoms with van der Waals surface area (Å²) in [6.45, 7) is 6.47. The third kappa shape index (κ3) is 5.07. The lowest BCUT2D eigenvalue weighted by Crippen LogP contribution is -2.61. The average molecular weight is 414 g/mol. The third-order valence-electron chi connectivity index (χ3n) is 3.97. The first-order valence-electron chi connectivity index (χ1n) is 8.11. The zero-order valence-corrected chi connectivity index (χ0v) is 16.6. The first-order chi connectivity index (χ1) is 11.6. The van der Waals surface area contributed by atoms with Gasteiger partial charge in [0.2, 0.25) is 0 Å². The van der Waals surface area contributed by atoms with Crippen LogP contribution in [0, 0.1) is 0 Å². The first-order valence-corrected chi connectivity index (χ1v) is 8.91. The minimum absolute atomic E-state index is 0.413. The number of carbonyl (C=O) groups is 2. The highest BCUT2D eigenvalue weighted by Gasteiger charge is 2.45. The summed E-state index contributed by atoms with van der Waals surface area (Å²) in [5.74, 6) is 0.376. The van der Waals surface area contributed by atoms with E-state index in [0.717, 1.165) is 10.3 Å². The molecule has 1 saturated heterocycles. The molecule has 0 aliphatic carbocycles. The van der Waals surface area contributed by atoms with Crippen LogP contribution >= 0.6 is 15.9 Å². The van der Waals surface area contributed by atoms with Crippen LogP contribution < -0.4 is 10.2 Å². The van der Waals surface area contributed by atoms with Crippen molar-refractivity contribution in [1.82, 2.24) is 10.3 Å². The monoisotopic (exact) mass is 413 g/mol. The van der Waals surface area contributed by atoms with Crippen molar-refractivity contribution in [2.45, 2.75) is 44.8 Å². The minimum Gasteiger partial charge on any atom is -0.467 e. The van der Waals surface area contributed by atoms with E-state index >= 15 is 0 Å². The maximum absolute atomic E-state index is 12.3. The van der Waals surface area contributed by atoms with Gasteiger partial charge in [-0.25, -0.2) is 14.6 Å². The number of rotatable bonds is 3. The van der Waals surface area contributed by atoms with Gasteiger partial charge in [0.25, 0.3) is 0 Å². The number of hydrogen-bond acceptors (Lipinski definition) is 6. The number of carbonyl (C=O) groups excluding carboxylic acids is 2. The number of aromatic nitrogens is 1. The number of hydrogen-bond donors (Lipinski definition) is 1. The van der Waals surface area contributed by atoms with Gasteiger partial charge in [-0.1, -0.05) is 0 Å². The van der Waals surface area contributed by atoms with Gasteiger partial charge in [0.1, 0.15) is 17.0 Å². The number of halogens is 1. The van der Waals surface area contributed by atoms with Crippen LogP contribution in [0.25, 0.3) is 0 Å². The Morgan fingerprint density at radius 3 is 2.40 bits per heavy atom. The zero-order chi connectivity index (χ0) is 18.7. The van der Waals surface area contributed by atoms with Crippen molar-refractivity contribution < 1.29 is 19.1 Å². The smallest absolute Gasteiger partial charge is 0.408 e. The van der Waals surface area contributed by atoms with Crippen molar-refractivity contribution in [3.8, 4) is 0 Å². The van der Waals surface area contributed by atoms with Gasteiger partial charge < -0.3 is 19.7 Å². The van der Waals surface area contributed by atoms with E-state index in [-0.39, 0.29) is 0 Å². The van der Waals surface area contributed by atoms with Gasteiger partial charge in [-0.15, -0.1) is 0 Å². The molecule has 0 unspecified atom stereocenters. The minimum atomic E-state index is -1.08. The largest absolute Gasteiger partial charge is 0.467 e. The molecule has 2 rings (SSSR count). The zero-order valence-electron chi connectivity index (χ0n) is 15.0. The Hall–Kier alpha value is -1.83. The molecule has 25 heavy (non-hydrogen) atoms. The summed E-state index contributed by atoms with van der Waals surface area (Å²) in [7, 11) is 1.32. The summed E-state index contributed by atoms with van der Waals surface area (Å²) in [6.07, 6.45) is 1.94. The second-order valence-corrected chi connectivity index (χ2v) is 7.94. The Kier molecular flexibility index (Phi) is 5.92. The normalized spacial score (nSPS) is 16.9. The Bertz CT molecular complexity index is 620. The van der Waals surface area contributed by atoms with Crippen LogP contribution in [0.15, 0.2) is 22.8 Å². The van der Waals surface area contributed by atoms with Crippen LogP contribution in [-0.4, -0.2) is 48.4 Å². The number of anilines is 1. The molecule has 8 heteroatoms. The molecule has 1 aliphatic rings. The topological polar surface area (TPSA) is 80.8 Å². The number of pyridine rings is 1. The van der Waals surface area contributed by atoms with Crippen LogP contribution in [0.1, 0.15) is 33.6 Å². The predicted octanol–water partition coefficient (Wildman–Crippen LogP) is 2.88. The Morgan fingerprint density at radius 1 is 1.28 bits per heavy atom. The number of methoxy groups -OCH3 is 1. The molecule has 1 N–H and O–H groups in total. The number of esters is 1. The fraction of sp³-hybridized carbons (Fsp3) is 0.588. The molecular formula is C17H24BrN3O4. The Morgan fingerprint density at radius 2 is 1.92 bits per heavy atom. The summed E-state index contributed by atoms with van der Waals surface area (Å²) in [6, 6.07) is 3.83. The van der Waals surface area contributed by atoms with E-state index in [4.69, 9.17) is 9.47 Å². The molecule has 0 saturated carbocycles. The Labute approximate surface area is 156 Å². The second kappa shape index (κ2) is 7.59. The SMILES string of the molecule is COC(=O)C1(NC(=O)OC(C)(C)C)CCN(c2ccc(Br)cn2)CC1. The van der Waals surface area contributed by atoms with E-state index in [9.17, 15) is 9.59 Å². The standard InChI is InChI=1S/C17H24BrN3O4/c1-16(2,3)25-15(23)20-17(14(22)24-4)7-9-21(10-8-17)13-6-5-12(18)11-19-13/h5-6,11H,7-10H2,1-4H3,(H,20,23). The fourth-order valence-corrected chi connectivity index (χ4v) is 2.98. The van der Waals surface area contributed by atoms with Gasteiger partial charge >= 0.3 is 12.1 Å². The molecule has 138 valence electrons. The highest BCUT2D eigenvalue weighted by Crippen LogP contribution is 2.27. The van der Waals surface area contributed by atoms with Gasteiger partial charge in [0, 0.05) is 23.8 Å². The molecule has 0 bridgehead atoms. The summed E-state index contributed by atoms with van der Waals surface area (Å²) >= 11 is 3.36. The molecule has 1 aromatic rings. The van der Waals surface area contributed by atoms with Crippen molar-refractivity contribution in [1.29, 1.82) is 0 Å². The molecule has 2 heterocycles. The molecule has 1 fully saturated rings. The highest BCUT2D eigenvalue weighted by atomic mass is 79.9. The molecule has 1 aromatic heterocycles. The van der Waals surface area contributed by atoms with Crippen molar-refractivity contribution >= 4 is 33.8 Å². The maximum atomic E-state index is 12.3. The molecule has 0 atom stereocenters. The predicted molar refractivity (Wildman–Crippen MR) is 97.5 cm³/mol. The van der Waals surface area contributed by atoms with Gasteiger partial charge in [-0.05, 0) is 61.7 Å². The number of ether oxygens (including phenoxy) is 2. The molecule has 0 spiro atoms. The molecule has 7 nitrogen and oxygen atoms in total. The molecule has 1 aliphatic heterocycles. The van der Waals surface area contributed by atoms with E-state index in [1.54, 1.807) is 27.0 Å². The van der Waals surface area contributed by atoms with Gasteiger partial charge in [0.05, 0.1) is 7.11 Å². The third-order valence-corrected chi connectivity index (χ3v) is 4.44. The van der Waals surface area contributed by atoms with Crippen molar-refractivity contribution in [3.05, 3.63) is 22.8 Å². The number of piperidine rings is 1. The lowest BCUT2D eigenvalue weighted by molar-refractivity contribution is -0.149. The van der Waals surface area contributed by atoms with Crippen molar-refractivity contribution in [2.24, 2.45) is 0 Å². The lowest BCUT2D eigenvalue weighted by Gasteiger charge is -2.40. The van der Waals surface area contributed by atoms with E-state index in [0.29, 0.717) is 25.9 Å². The number of nitrogens with zero attached hydrogens (tertiary/aromatic N) is 2. The summed E-state index contributed by atoms with van der Waals surface area (Å²) in [5.41, 5.74) is -1.72. The van der Waals surface area contributed by atoms with Gasteiger partial charge in [-0.3, -0.25) is 0 Å². The molecular weight excluding hydrogens is 390 g/mol. The van der Waals surface area contributed by atoms with E-state index in [1.165, 1.54) is 7.11 Å². The Balaban J connectivity index is 2.09.